The second kappa shape index (κ2) is 8.99. The molecule has 0 amide bonds. The van der Waals surface area contributed by atoms with Crippen LogP contribution in [-0.4, -0.2) is 41.7 Å². The summed E-state index contributed by atoms with van der Waals surface area (Å²) in [6, 6.07) is 4.20. The van der Waals surface area contributed by atoms with Gasteiger partial charge in [-0.3, -0.25) is 9.67 Å². The van der Waals surface area contributed by atoms with Gasteiger partial charge in [0, 0.05) is 46.7 Å². The molecule has 1 saturated carbocycles. The quantitative estimate of drug-likeness (QED) is 0.285. The Labute approximate surface area is 217 Å². The Morgan fingerprint density at radius 1 is 1.16 bits per heavy atom. The number of thiophene rings is 1. The first kappa shape index (κ1) is 23.7. The molecule has 0 bridgehead atoms. The van der Waals surface area contributed by atoms with Crippen molar-refractivity contribution in [2.24, 2.45) is 0 Å². The van der Waals surface area contributed by atoms with Gasteiger partial charge >= 0.3 is 0 Å². The van der Waals surface area contributed by atoms with Crippen molar-refractivity contribution < 1.29 is 14.6 Å². The zero-order chi connectivity index (χ0) is 25.7. The van der Waals surface area contributed by atoms with Crippen LogP contribution in [0.4, 0.5) is 5.82 Å². The number of nitrogens with zero attached hydrogens (tertiary/aromatic N) is 4. The molecule has 6 rings (SSSR count). The highest BCUT2D eigenvalue weighted by Crippen LogP contribution is 2.43. The first-order valence-corrected chi connectivity index (χ1v) is 13.1. The number of fused-ring (bicyclic) bond motifs is 2. The van der Waals surface area contributed by atoms with E-state index in [-0.39, 0.29) is 12.1 Å². The fourth-order valence-corrected chi connectivity index (χ4v) is 5.92. The molecule has 1 aliphatic carbocycles. The summed E-state index contributed by atoms with van der Waals surface area (Å²) in [5.74, 6) is 7.00. The first-order valence-electron chi connectivity index (χ1n) is 12.3. The topological polar surface area (TPSA) is 123 Å². The van der Waals surface area contributed by atoms with E-state index < -0.39 is 5.60 Å². The van der Waals surface area contributed by atoms with E-state index in [1.165, 1.54) is 11.3 Å². The van der Waals surface area contributed by atoms with E-state index in [0.29, 0.717) is 17.2 Å². The van der Waals surface area contributed by atoms with E-state index in [4.69, 9.17) is 10.2 Å². The Kier molecular flexibility index (Phi) is 5.75. The monoisotopic (exact) mass is 513 g/mol. The lowest BCUT2D eigenvalue weighted by Crippen LogP contribution is -2.21. The molecular weight excluding hydrogens is 486 g/mol. The lowest BCUT2D eigenvalue weighted by Gasteiger charge is -2.25. The molecule has 0 atom stereocenters. The summed E-state index contributed by atoms with van der Waals surface area (Å²) in [6.07, 6.45) is 12.4. The van der Waals surface area contributed by atoms with Gasteiger partial charge in [-0.05, 0) is 51.7 Å². The number of nitrogens with two attached hydrogens (primary N) is 1. The standard InChI is InChI=1S/C28H27N5O3S/c1-28(2,35)9-7-23-25(19-8-10-30-14-24(19)37-23)22-11-20-21(13-31-27(29)26(20)36-22)16-12-32-33(15-16)17-3-5-18(34)6-4-17/h8,10-15,17-18,34-35H,3-6H2,1-2H3,(H2,29,31)/t17-,18-. The predicted molar refractivity (Wildman–Crippen MR) is 145 cm³/mol. The highest BCUT2D eigenvalue weighted by molar-refractivity contribution is 7.20. The van der Waals surface area contributed by atoms with Gasteiger partial charge in [-0.2, -0.15) is 5.10 Å². The predicted octanol–water partition coefficient (Wildman–Crippen LogP) is 5.15. The van der Waals surface area contributed by atoms with Crippen molar-refractivity contribution in [1.29, 1.82) is 0 Å². The van der Waals surface area contributed by atoms with Gasteiger partial charge in [0.05, 0.1) is 33.5 Å². The Hall–Kier alpha value is -3.71. The van der Waals surface area contributed by atoms with Crippen molar-refractivity contribution in [2.75, 3.05) is 5.73 Å². The summed E-state index contributed by atoms with van der Waals surface area (Å²) in [5.41, 5.74) is 8.29. The van der Waals surface area contributed by atoms with Crippen molar-refractivity contribution in [3.05, 3.63) is 48.0 Å². The number of nitrogen functional groups attached to an aromatic ring is 1. The maximum absolute atomic E-state index is 10.2. The first-order chi connectivity index (χ1) is 17.8. The Morgan fingerprint density at radius 2 is 1.97 bits per heavy atom. The molecular formula is C28H27N5O3S. The molecule has 0 spiro atoms. The van der Waals surface area contributed by atoms with Gasteiger partial charge in [0.2, 0.25) is 0 Å². The highest BCUT2D eigenvalue weighted by atomic mass is 32.1. The molecule has 5 aromatic heterocycles. The van der Waals surface area contributed by atoms with Crippen LogP contribution in [-0.2, 0) is 0 Å². The van der Waals surface area contributed by atoms with E-state index in [1.54, 1.807) is 32.4 Å². The van der Waals surface area contributed by atoms with Crippen LogP contribution in [0.3, 0.4) is 0 Å². The van der Waals surface area contributed by atoms with Crippen LogP contribution in [0.5, 0.6) is 0 Å². The van der Waals surface area contributed by atoms with Crippen LogP contribution >= 0.6 is 11.3 Å². The second-order valence-electron chi connectivity index (χ2n) is 10.1. The molecule has 5 heterocycles. The molecule has 4 N–H and O–H groups in total. The van der Waals surface area contributed by atoms with E-state index in [9.17, 15) is 10.2 Å². The lowest BCUT2D eigenvalue weighted by atomic mass is 9.93. The van der Waals surface area contributed by atoms with Crippen LogP contribution in [0.25, 0.3) is 43.5 Å². The number of aliphatic hydroxyl groups is 2. The number of anilines is 1. The molecule has 0 aromatic carbocycles. The summed E-state index contributed by atoms with van der Waals surface area (Å²) >= 11 is 1.51. The Bertz CT molecular complexity index is 1670. The maximum atomic E-state index is 10.2. The average Bonchev–Trinajstić information content (AvgIpc) is 3.60. The van der Waals surface area contributed by atoms with Crippen LogP contribution in [0.1, 0.15) is 50.4 Å². The van der Waals surface area contributed by atoms with Crippen molar-refractivity contribution in [3.8, 4) is 34.3 Å². The van der Waals surface area contributed by atoms with Crippen LogP contribution in [0.2, 0.25) is 0 Å². The fourth-order valence-electron chi connectivity index (χ4n) is 4.89. The number of pyridine rings is 2. The summed E-state index contributed by atoms with van der Waals surface area (Å²) < 4.78 is 9.30. The molecule has 8 nitrogen and oxygen atoms in total. The van der Waals surface area contributed by atoms with Crippen LogP contribution in [0.15, 0.2) is 47.5 Å². The molecule has 9 heteroatoms. The summed E-state index contributed by atoms with van der Waals surface area (Å²) in [7, 11) is 0. The number of hydrogen-bond acceptors (Lipinski definition) is 8. The van der Waals surface area contributed by atoms with Gasteiger partial charge < -0.3 is 20.4 Å². The van der Waals surface area contributed by atoms with Crippen LogP contribution in [0, 0.1) is 11.8 Å². The van der Waals surface area contributed by atoms with Gasteiger partial charge in [-0.25, -0.2) is 4.98 Å². The van der Waals surface area contributed by atoms with E-state index in [2.05, 4.69) is 26.9 Å². The maximum Gasteiger partial charge on any atom is 0.177 e. The molecule has 188 valence electrons. The number of aromatic nitrogens is 4. The molecule has 1 fully saturated rings. The molecule has 0 aliphatic heterocycles. The smallest absolute Gasteiger partial charge is 0.177 e. The van der Waals surface area contributed by atoms with E-state index in [1.807, 2.05) is 29.2 Å². The number of aliphatic hydroxyl groups excluding tert-OH is 1. The third-order valence-corrected chi connectivity index (χ3v) is 7.82. The lowest BCUT2D eigenvalue weighted by molar-refractivity contribution is 0.108. The largest absolute Gasteiger partial charge is 0.452 e. The zero-order valence-corrected chi connectivity index (χ0v) is 21.4. The normalized spacial score (nSPS) is 18.3. The number of rotatable bonds is 3. The van der Waals surface area contributed by atoms with Gasteiger partial charge in [0.15, 0.2) is 11.4 Å². The SMILES string of the molecule is CC(C)(O)C#Cc1sc2cnccc2c1-c1cc2c(-c3cnn([C@H]4CC[C@H](O)CC4)c3)cnc(N)c2o1. The summed E-state index contributed by atoms with van der Waals surface area (Å²) in [4.78, 5) is 9.45. The minimum Gasteiger partial charge on any atom is -0.452 e. The number of hydrogen-bond donors (Lipinski definition) is 3. The molecule has 5 aromatic rings. The molecule has 0 radical (unpaired) electrons. The highest BCUT2D eigenvalue weighted by Gasteiger charge is 2.24. The van der Waals surface area contributed by atoms with Gasteiger partial charge in [-0.15, -0.1) is 11.3 Å². The van der Waals surface area contributed by atoms with E-state index in [0.717, 1.165) is 62.7 Å². The third kappa shape index (κ3) is 4.48. The molecule has 0 unspecified atom stereocenters. The van der Waals surface area contributed by atoms with Gasteiger partial charge in [-0.1, -0.05) is 11.8 Å². The van der Waals surface area contributed by atoms with Gasteiger partial charge in [0.1, 0.15) is 11.4 Å². The summed E-state index contributed by atoms with van der Waals surface area (Å²) in [6.45, 7) is 3.31. The number of furan rings is 1. The minimum atomic E-state index is -1.13. The van der Waals surface area contributed by atoms with Gasteiger partial charge in [0.25, 0.3) is 0 Å². The van der Waals surface area contributed by atoms with Crippen molar-refractivity contribution in [2.45, 2.75) is 57.3 Å². The fraction of sp³-hybridized carbons (Fsp3) is 0.321. The Morgan fingerprint density at radius 3 is 2.76 bits per heavy atom. The average molecular weight is 514 g/mol. The summed E-state index contributed by atoms with van der Waals surface area (Å²) in [5, 5.41) is 26.5. The zero-order valence-electron chi connectivity index (χ0n) is 20.6. The van der Waals surface area contributed by atoms with Crippen molar-refractivity contribution >= 4 is 38.2 Å². The molecule has 1 aliphatic rings. The Balaban J connectivity index is 1.47. The van der Waals surface area contributed by atoms with Crippen LogP contribution < -0.4 is 5.73 Å². The van der Waals surface area contributed by atoms with Crippen molar-refractivity contribution in [3.63, 3.8) is 0 Å². The van der Waals surface area contributed by atoms with E-state index >= 15 is 0 Å². The molecule has 0 saturated heterocycles. The van der Waals surface area contributed by atoms with Crippen molar-refractivity contribution in [1.82, 2.24) is 19.7 Å². The molecule has 37 heavy (non-hydrogen) atoms. The minimum absolute atomic E-state index is 0.210. The third-order valence-electron chi connectivity index (χ3n) is 6.76. The second-order valence-corrected chi connectivity index (χ2v) is 11.1.